The van der Waals surface area contributed by atoms with Crippen molar-refractivity contribution in [2.24, 2.45) is 0 Å². The van der Waals surface area contributed by atoms with Crippen molar-refractivity contribution in [3.05, 3.63) is 30.6 Å². The molecule has 0 radical (unpaired) electrons. The van der Waals surface area contributed by atoms with Gasteiger partial charge in [0.25, 0.3) is 0 Å². The van der Waals surface area contributed by atoms with Crippen LogP contribution >= 0.6 is 0 Å². The summed E-state index contributed by atoms with van der Waals surface area (Å²) in [4.78, 5) is 13.4. The van der Waals surface area contributed by atoms with Gasteiger partial charge in [0.15, 0.2) is 5.82 Å². The number of methoxy groups -OCH3 is 1. The summed E-state index contributed by atoms with van der Waals surface area (Å²) in [5.74, 6) is 2.40. The zero-order valence-corrected chi connectivity index (χ0v) is 13.2. The van der Waals surface area contributed by atoms with Crippen LogP contribution in [0.25, 0.3) is 0 Å². The van der Waals surface area contributed by atoms with Crippen molar-refractivity contribution >= 4 is 17.6 Å². The van der Waals surface area contributed by atoms with Gasteiger partial charge in [-0.05, 0) is 12.1 Å². The van der Waals surface area contributed by atoms with Crippen LogP contribution in [0.15, 0.2) is 30.6 Å². The second-order valence-corrected chi connectivity index (χ2v) is 5.22. The zero-order valence-electron chi connectivity index (χ0n) is 13.2. The number of nitrogens with one attached hydrogen (secondary N) is 1. The fourth-order valence-corrected chi connectivity index (χ4v) is 2.49. The molecule has 0 aliphatic carbocycles. The lowest BCUT2D eigenvalue weighted by atomic mass is 10.3. The molecule has 0 aromatic carbocycles. The Morgan fingerprint density at radius 3 is 2.61 bits per heavy atom. The molecule has 0 spiro atoms. The molecule has 1 N–H and O–H groups in total. The van der Waals surface area contributed by atoms with Crippen molar-refractivity contribution in [1.82, 2.24) is 20.2 Å². The number of aromatic nitrogens is 4. The summed E-state index contributed by atoms with van der Waals surface area (Å²) in [7, 11) is 1.66. The maximum absolute atomic E-state index is 5.00. The average Bonchev–Trinajstić information content (AvgIpc) is 2.63. The highest BCUT2D eigenvalue weighted by atomic mass is 16.5. The maximum atomic E-state index is 5.00. The van der Waals surface area contributed by atoms with Gasteiger partial charge in [0.05, 0.1) is 12.8 Å². The minimum absolute atomic E-state index is 0.534. The van der Waals surface area contributed by atoms with E-state index in [1.807, 2.05) is 24.4 Å². The summed E-state index contributed by atoms with van der Waals surface area (Å²) in [6, 6.07) is 5.99. The smallest absolute Gasteiger partial charge is 0.244 e. The lowest BCUT2D eigenvalue weighted by molar-refractivity contribution is 0.210. The molecule has 1 aliphatic heterocycles. The SMILES string of the molecule is COCCNc1nncc(N2CCN(c3ccccn3)CC2)n1. The molecule has 0 unspecified atom stereocenters. The third kappa shape index (κ3) is 4.04. The minimum atomic E-state index is 0.534. The molecule has 0 saturated carbocycles. The Hall–Kier alpha value is -2.48. The third-order valence-electron chi connectivity index (χ3n) is 3.71. The normalized spacial score (nSPS) is 14.8. The number of nitrogens with zero attached hydrogens (tertiary/aromatic N) is 6. The minimum Gasteiger partial charge on any atom is -0.383 e. The lowest BCUT2D eigenvalue weighted by Crippen LogP contribution is -2.47. The molecule has 1 fully saturated rings. The van der Waals surface area contributed by atoms with Crippen LogP contribution in [0, 0.1) is 0 Å². The first-order valence-electron chi connectivity index (χ1n) is 7.70. The topological polar surface area (TPSA) is 79.3 Å². The highest BCUT2D eigenvalue weighted by molar-refractivity contribution is 5.45. The summed E-state index contributed by atoms with van der Waals surface area (Å²) in [6.07, 6.45) is 3.53. The van der Waals surface area contributed by atoms with Crippen LogP contribution in [0.3, 0.4) is 0 Å². The fourth-order valence-electron chi connectivity index (χ4n) is 2.49. The van der Waals surface area contributed by atoms with Gasteiger partial charge in [-0.2, -0.15) is 10.1 Å². The zero-order chi connectivity index (χ0) is 15.9. The van der Waals surface area contributed by atoms with Gasteiger partial charge in [0, 0.05) is 46.0 Å². The summed E-state index contributed by atoms with van der Waals surface area (Å²) >= 11 is 0. The molecule has 8 heteroatoms. The van der Waals surface area contributed by atoms with Gasteiger partial charge >= 0.3 is 0 Å². The summed E-state index contributed by atoms with van der Waals surface area (Å²) in [6.45, 7) is 4.85. The van der Waals surface area contributed by atoms with E-state index in [1.165, 1.54) is 0 Å². The lowest BCUT2D eigenvalue weighted by Gasteiger charge is -2.35. The Balaban J connectivity index is 1.58. The summed E-state index contributed by atoms with van der Waals surface area (Å²) in [5.41, 5.74) is 0. The van der Waals surface area contributed by atoms with Crippen LogP contribution in [0.5, 0.6) is 0 Å². The predicted molar refractivity (Wildman–Crippen MR) is 88.9 cm³/mol. The second-order valence-electron chi connectivity index (χ2n) is 5.22. The van der Waals surface area contributed by atoms with E-state index < -0.39 is 0 Å². The number of hydrogen-bond donors (Lipinski definition) is 1. The maximum Gasteiger partial charge on any atom is 0.244 e. The van der Waals surface area contributed by atoms with Gasteiger partial charge in [-0.3, -0.25) is 0 Å². The van der Waals surface area contributed by atoms with Gasteiger partial charge in [0.1, 0.15) is 5.82 Å². The van der Waals surface area contributed by atoms with E-state index in [0.717, 1.165) is 37.8 Å². The summed E-state index contributed by atoms with van der Waals surface area (Å²) in [5, 5.41) is 11.1. The molecule has 2 aromatic rings. The molecule has 2 aromatic heterocycles. The highest BCUT2D eigenvalue weighted by Crippen LogP contribution is 2.17. The second kappa shape index (κ2) is 7.68. The Morgan fingerprint density at radius 1 is 1.13 bits per heavy atom. The van der Waals surface area contributed by atoms with E-state index >= 15 is 0 Å². The van der Waals surface area contributed by atoms with E-state index in [0.29, 0.717) is 19.1 Å². The Bertz CT molecular complexity index is 602. The third-order valence-corrected chi connectivity index (χ3v) is 3.71. The largest absolute Gasteiger partial charge is 0.383 e. The first-order chi connectivity index (χ1) is 11.4. The van der Waals surface area contributed by atoms with Crippen molar-refractivity contribution in [2.45, 2.75) is 0 Å². The standard InChI is InChI=1S/C15H21N7O/c1-23-11-6-17-15-19-14(12-18-20-15)22-9-7-21(8-10-22)13-4-2-3-5-16-13/h2-5,12H,6-11H2,1H3,(H,17,19,20). The first-order valence-corrected chi connectivity index (χ1v) is 7.70. The fraction of sp³-hybridized carbons (Fsp3) is 0.467. The summed E-state index contributed by atoms with van der Waals surface area (Å²) < 4.78 is 5.00. The van der Waals surface area contributed by atoms with Crippen molar-refractivity contribution in [2.75, 3.05) is 61.6 Å². The van der Waals surface area contributed by atoms with Crippen LogP contribution in [0.2, 0.25) is 0 Å². The van der Waals surface area contributed by atoms with Gasteiger partial charge in [-0.15, -0.1) is 5.10 Å². The monoisotopic (exact) mass is 315 g/mol. The van der Waals surface area contributed by atoms with E-state index in [2.05, 4.69) is 35.3 Å². The first kappa shape index (κ1) is 15.4. The molecule has 23 heavy (non-hydrogen) atoms. The molecular formula is C15H21N7O. The predicted octanol–water partition coefficient (Wildman–Crippen LogP) is 0.651. The molecule has 8 nitrogen and oxygen atoms in total. The van der Waals surface area contributed by atoms with Gasteiger partial charge < -0.3 is 19.9 Å². The molecule has 0 bridgehead atoms. The van der Waals surface area contributed by atoms with Crippen LogP contribution < -0.4 is 15.1 Å². The van der Waals surface area contributed by atoms with Crippen molar-refractivity contribution in [3.8, 4) is 0 Å². The molecule has 0 amide bonds. The van der Waals surface area contributed by atoms with Crippen LogP contribution in [0.4, 0.5) is 17.6 Å². The van der Waals surface area contributed by atoms with Crippen molar-refractivity contribution in [1.29, 1.82) is 0 Å². The van der Waals surface area contributed by atoms with Crippen molar-refractivity contribution < 1.29 is 4.74 Å². The van der Waals surface area contributed by atoms with Crippen LogP contribution in [-0.2, 0) is 4.74 Å². The number of ether oxygens (including phenoxy) is 1. The van der Waals surface area contributed by atoms with E-state index in [4.69, 9.17) is 4.74 Å². The van der Waals surface area contributed by atoms with Gasteiger partial charge in [-0.25, -0.2) is 4.98 Å². The van der Waals surface area contributed by atoms with Gasteiger partial charge in [-0.1, -0.05) is 6.07 Å². The molecule has 1 aliphatic rings. The molecule has 0 atom stereocenters. The number of hydrogen-bond acceptors (Lipinski definition) is 8. The Labute approximate surface area is 135 Å². The van der Waals surface area contributed by atoms with E-state index in [9.17, 15) is 0 Å². The molecule has 3 rings (SSSR count). The Kier molecular flexibility index (Phi) is 5.15. The molecular weight excluding hydrogens is 294 g/mol. The van der Waals surface area contributed by atoms with Crippen LogP contribution in [-0.4, -0.2) is 66.6 Å². The number of rotatable bonds is 6. The number of piperazine rings is 1. The molecule has 3 heterocycles. The average molecular weight is 315 g/mol. The van der Waals surface area contributed by atoms with Crippen molar-refractivity contribution in [3.63, 3.8) is 0 Å². The molecule has 122 valence electrons. The van der Waals surface area contributed by atoms with E-state index in [-0.39, 0.29) is 0 Å². The molecule has 1 saturated heterocycles. The number of pyridine rings is 1. The Morgan fingerprint density at radius 2 is 1.91 bits per heavy atom. The number of anilines is 3. The quantitative estimate of drug-likeness (QED) is 0.779. The van der Waals surface area contributed by atoms with Gasteiger partial charge in [0.2, 0.25) is 5.95 Å². The highest BCUT2D eigenvalue weighted by Gasteiger charge is 2.19. The van der Waals surface area contributed by atoms with E-state index in [1.54, 1.807) is 13.3 Å². The van der Waals surface area contributed by atoms with Crippen LogP contribution in [0.1, 0.15) is 0 Å².